The van der Waals surface area contributed by atoms with Gasteiger partial charge >= 0.3 is 0 Å². The first-order valence-electron chi connectivity index (χ1n) is 11.0. The van der Waals surface area contributed by atoms with Gasteiger partial charge in [0.1, 0.15) is 0 Å². The molecule has 2 heteroatoms. The largest absolute Gasteiger partial charge is 0.390 e. The first-order chi connectivity index (χ1) is 13.5. The van der Waals surface area contributed by atoms with E-state index in [1.54, 1.807) is 0 Å². The van der Waals surface area contributed by atoms with Gasteiger partial charge in [-0.25, -0.2) is 0 Å². The van der Waals surface area contributed by atoms with Gasteiger partial charge in [-0.05, 0) is 29.4 Å². The molecule has 2 aromatic rings. The molecule has 0 heterocycles. The third kappa shape index (κ3) is 4.04. The molecule has 0 amide bonds. The zero-order valence-electron chi connectivity index (χ0n) is 17.5. The van der Waals surface area contributed by atoms with Crippen LogP contribution in [0.1, 0.15) is 76.3 Å². The van der Waals surface area contributed by atoms with Crippen molar-refractivity contribution < 1.29 is 10.2 Å². The molecule has 152 valence electrons. The first kappa shape index (κ1) is 21.1. The van der Waals surface area contributed by atoms with Gasteiger partial charge in [0, 0.05) is 0 Å². The van der Waals surface area contributed by atoms with Crippen molar-refractivity contribution in [3.8, 4) is 0 Å². The second-order valence-corrected chi connectivity index (χ2v) is 9.10. The highest BCUT2D eigenvalue weighted by Crippen LogP contribution is 2.53. The van der Waals surface area contributed by atoms with Gasteiger partial charge in [-0.2, -0.15) is 0 Å². The Balaban J connectivity index is 2.21. The van der Waals surface area contributed by atoms with E-state index in [1.807, 2.05) is 36.4 Å². The van der Waals surface area contributed by atoms with E-state index in [2.05, 4.69) is 38.1 Å². The average Bonchev–Trinajstić information content (AvgIpc) is 2.71. The lowest BCUT2D eigenvalue weighted by atomic mass is 9.53. The van der Waals surface area contributed by atoms with Crippen molar-refractivity contribution >= 4 is 0 Å². The summed E-state index contributed by atoms with van der Waals surface area (Å²) in [5, 5.41) is 22.9. The van der Waals surface area contributed by atoms with E-state index >= 15 is 0 Å². The molecule has 2 atom stereocenters. The number of benzene rings is 2. The number of aliphatic hydroxyl groups is 2. The highest BCUT2D eigenvalue weighted by Gasteiger charge is 2.54. The van der Waals surface area contributed by atoms with Gasteiger partial charge in [0.25, 0.3) is 0 Å². The minimum atomic E-state index is -0.855. The van der Waals surface area contributed by atoms with Crippen molar-refractivity contribution in [3.63, 3.8) is 0 Å². The predicted molar refractivity (Wildman–Crippen MR) is 116 cm³/mol. The van der Waals surface area contributed by atoms with E-state index in [-0.39, 0.29) is 5.41 Å². The molecule has 28 heavy (non-hydrogen) atoms. The van der Waals surface area contributed by atoms with E-state index in [9.17, 15) is 10.2 Å². The molecule has 2 N–H and O–H groups in total. The predicted octanol–water partition coefficient (Wildman–Crippen LogP) is 5.86. The zero-order valence-corrected chi connectivity index (χ0v) is 17.5. The standard InChI is InChI=1S/C26H36O2/c1-25(2)20-14-6-4-3-5-13-19-23(27)24(28)26(25,21-15-9-7-10-16-21)22-17-11-8-12-18-22/h7-12,15-18,23-24,27-28H,3-6,13-14,19-20H2,1-2H3. The molecule has 1 saturated carbocycles. The molecule has 0 aliphatic heterocycles. The quantitative estimate of drug-likeness (QED) is 0.685. The van der Waals surface area contributed by atoms with Crippen molar-refractivity contribution in [3.05, 3.63) is 71.8 Å². The summed E-state index contributed by atoms with van der Waals surface area (Å²) in [6, 6.07) is 20.7. The molecule has 0 radical (unpaired) electrons. The minimum absolute atomic E-state index is 0.213. The summed E-state index contributed by atoms with van der Waals surface area (Å²) in [5.41, 5.74) is 1.31. The van der Waals surface area contributed by atoms with Crippen LogP contribution in [0.15, 0.2) is 60.7 Å². The average molecular weight is 381 g/mol. The van der Waals surface area contributed by atoms with Crippen molar-refractivity contribution in [1.29, 1.82) is 0 Å². The molecular weight excluding hydrogens is 344 g/mol. The summed E-state index contributed by atoms with van der Waals surface area (Å²) in [5.74, 6) is 0. The number of hydrogen-bond donors (Lipinski definition) is 2. The number of rotatable bonds is 2. The van der Waals surface area contributed by atoms with Crippen LogP contribution in [0.2, 0.25) is 0 Å². The molecule has 1 aliphatic carbocycles. The van der Waals surface area contributed by atoms with Gasteiger partial charge in [0.2, 0.25) is 0 Å². The lowest BCUT2D eigenvalue weighted by molar-refractivity contribution is -0.0644. The second kappa shape index (κ2) is 9.24. The third-order valence-electron chi connectivity index (χ3n) is 6.89. The Labute approximate surface area is 170 Å². The Morgan fingerprint density at radius 2 is 1.14 bits per heavy atom. The van der Waals surface area contributed by atoms with Crippen LogP contribution in [0.4, 0.5) is 0 Å². The molecule has 1 aliphatic rings. The molecule has 0 saturated heterocycles. The van der Waals surface area contributed by atoms with Gasteiger partial charge < -0.3 is 10.2 Å². The number of aliphatic hydroxyl groups excluding tert-OH is 2. The molecule has 0 bridgehead atoms. The molecule has 3 rings (SSSR count). The van der Waals surface area contributed by atoms with Crippen LogP contribution in [0.5, 0.6) is 0 Å². The first-order valence-corrected chi connectivity index (χ1v) is 11.0. The van der Waals surface area contributed by atoms with Gasteiger partial charge in [0.15, 0.2) is 0 Å². The third-order valence-corrected chi connectivity index (χ3v) is 6.89. The Morgan fingerprint density at radius 1 is 0.679 bits per heavy atom. The highest BCUT2D eigenvalue weighted by atomic mass is 16.3. The summed E-state index contributed by atoms with van der Waals surface area (Å²) < 4.78 is 0. The van der Waals surface area contributed by atoms with E-state index < -0.39 is 17.6 Å². The van der Waals surface area contributed by atoms with Crippen molar-refractivity contribution in [2.24, 2.45) is 5.41 Å². The van der Waals surface area contributed by atoms with Gasteiger partial charge in [-0.1, -0.05) is 113 Å². The lowest BCUT2D eigenvalue weighted by Crippen LogP contribution is -2.56. The highest BCUT2D eigenvalue weighted by molar-refractivity contribution is 5.44. The smallest absolute Gasteiger partial charge is 0.0941 e. The summed E-state index contributed by atoms with van der Waals surface area (Å²) in [6.45, 7) is 4.55. The van der Waals surface area contributed by atoms with Crippen LogP contribution >= 0.6 is 0 Å². The zero-order chi connectivity index (χ0) is 20.0. The summed E-state index contributed by atoms with van der Waals surface area (Å²) in [6.07, 6.45) is 7.06. The fraction of sp³-hybridized carbons (Fsp3) is 0.538. The van der Waals surface area contributed by atoms with E-state index in [0.29, 0.717) is 6.42 Å². The molecule has 2 unspecified atom stereocenters. The van der Waals surface area contributed by atoms with Gasteiger partial charge in [-0.15, -0.1) is 0 Å². The molecule has 0 spiro atoms. The summed E-state index contributed by atoms with van der Waals surface area (Å²) in [4.78, 5) is 0. The van der Waals surface area contributed by atoms with Crippen LogP contribution in [0.3, 0.4) is 0 Å². The second-order valence-electron chi connectivity index (χ2n) is 9.10. The summed E-state index contributed by atoms with van der Waals surface area (Å²) >= 11 is 0. The van der Waals surface area contributed by atoms with E-state index in [4.69, 9.17) is 0 Å². The fourth-order valence-electron chi connectivity index (χ4n) is 5.36. The SMILES string of the molecule is CC1(C)CCCCCCCCC(O)C(O)C1(c1ccccc1)c1ccccc1. The molecule has 2 nitrogen and oxygen atoms in total. The van der Waals surface area contributed by atoms with E-state index in [0.717, 1.165) is 36.8 Å². The van der Waals surface area contributed by atoms with E-state index in [1.165, 1.54) is 19.3 Å². The fourth-order valence-corrected chi connectivity index (χ4v) is 5.36. The Morgan fingerprint density at radius 3 is 1.68 bits per heavy atom. The van der Waals surface area contributed by atoms with Crippen molar-refractivity contribution in [2.75, 3.05) is 0 Å². The van der Waals surface area contributed by atoms with Crippen LogP contribution < -0.4 is 0 Å². The normalized spacial score (nSPS) is 26.0. The summed E-state index contributed by atoms with van der Waals surface area (Å²) in [7, 11) is 0. The lowest BCUT2D eigenvalue weighted by Gasteiger charge is -2.52. The maximum Gasteiger partial charge on any atom is 0.0941 e. The molecule has 1 fully saturated rings. The Bertz CT molecular complexity index is 668. The van der Waals surface area contributed by atoms with Crippen LogP contribution in [-0.2, 0) is 5.41 Å². The maximum absolute atomic E-state index is 11.8. The minimum Gasteiger partial charge on any atom is -0.390 e. The Hall–Kier alpha value is -1.64. The van der Waals surface area contributed by atoms with Gasteiger partial charge in [0.05, 0.1) is 17.6 Å². The van der Waals surface area contributed by atoms with Crippen molar-refractivity contribution in [1.82, 2.24) is 0 Å². The maximum atomic E-state index is 11.8. The monoisotopic (exact) mass is 380 g/mol. The Kier molecular flexibility index (Phi) is 6.95. The molecule has 0 aromatic heterocycles. The van der Waals surface area contributed by atoms with Crippen LogP contribution in [0, 0.1) is 5.41 Å². The van der Waals surface area contributed by atoms with Crippen LogP contribution in [-0.4, -0.2) is 22.4 Å². The molecular formula is C26H36O2. The molecule has 2 aromatic carbocycles. The van der Waals surface area contributed by atoms with Gasteiger partial charge in [-0.3, -0.25) is 0 Å². The topological polar surface area (TPSA) is 40.5 Å². The number of hydrogen-bond acceptors (Lipinski definition) is 2. The van der Waals surface area contributed by atoms with Crippen molar-refractivity contribution in [2.45, 2.75) is 82.8 Å². The van der Waals surface area contributed by atoms with Crippen LogP contribution in [0.25, 0.3) is 0 Å².